The van der Waals surface area contributed by atoms with E-state index < -0.39 is 0 Å². The number of anilines is 2. The second kappa shape index (κ2) is 10.5. The lowest BCUT2D eigenvalue weighted by Gasteiger charge is -2.28. The van der Waals surface area contributed by atoms with Crippen molar-refractivity contribution in [3.05, 3.63) is 89.3 Å². The molecule has 1 aliphatic heterocycles. The minimum absolute atomic E-state index is 0.0886. The maximum atomic E-state index is 13.3. The number of aromatic nitrogens is 2. The van der Waals surface area contributed by atoms with Gasteiger partial charge in [-0.3, -0.25) is 4.79 Å². The molecule has 1 aliphatic rings. The molecule has 0 aliphatic carbocycles. The lowest BCUT2D eigenvalue weighted by Crippen LogP contribution is -2.35. The summed E-state index contributed by atoms with van der Waals surface area (Å²) in [5.41, 5.74) is 4.12. The van der Waals surface area contributed by atoms with Gasteiger partial charge in [0.2, 0.25) is 0 Å². The third-order valence-corrected chi connectivity index (χ3v) is 7.32. The van der Waals surface area contributed by atoms with E-state index in [4.69, 9.17) is 4.74 Å². The van der Waals surface area contributed by atoms with Crippen LogP contribution in [0.1, 0.15) is 40.8 Å². The van der Waals surface area contributed by atoms with E-state index in [9.17, 15) is 4.79 Å². The zero-order valence-electron chi connectivity index (χ0n) is 20.1. The molecule has 1 fully saturated rings. The highest BCUT2D eigenvalue weighted by atomic mass is 32.1. The molecule has 0 bridgehead atoms. The molecule has 6 nitrogen and oxygen atoms in total. The average Bonchev–Trinajstić information content (AvgIpc) is 3.53. The molecule has 7 heteroatoms. The summed E-state index contributed by atoms with van der Waals surface area (Å²) < 4.78 is 7.71. The van der Waals surface area contributed by atoms with Crippen LogP contribution in [0.5, 0.6) is 0 Å². The molecule has 1 saturated heterocycles. The standard InChI is InChI=1S/C28H30N4O2S/c1-20(2)26-29-11-12-32(26)19-21-7-6-10-23(17-21)30-27(33)25-18-24(22-8-4-3-5-9-22)28(35-25)31-13-15-34-16-14-31/h3-12,17-18,20H,13-16,19H2,1-2H3,(H,30,33). The van der Waals surface area contributed by atoms with E-state index in [2.05, 4.69) is 51.8 Å². The summed E-state index contributed by atoms with van der Waals surface area (Å²) in [5, 5.41) is 4.24. The highest BCUT2D eigenvalue weighted by Crippen LogP contribution is 2.39. The number of ether oxygens (including phenoxy) is 1. The number of amides is 1. The Morgan fingerprint density at radius 3 is 2.66 bits per heavy atom. The first-order chi connectivity index (χ1) is 17.1. The van der Waals surface area contributed by atoms with Gasteiger partial charge >= 0.3 is 0 Å². The molecule has 1 amide bonds. The number of carbonyl (C=O) groups excluding carboxylic acids is 1. The first kappa shape index (κ1) is 23.3. The summed E-state index contributed by atoms with van der Waals surface area (Å²) >= 11 is 1.55. The number of rotatable bonds is 7. The molecule has 0 radical (unpaired) electrons. The van der Waals surface area contributed by atoms with Gasteiger partial charge in [-0.15, -0.1) is 11.3 Å². The van der Waals surface area contributed by atoms with Gasteiger partial charge in [0.15, 0.2) is 0 Å². The largest absolute Gasteiger partial charge is 0.378 e. The average molecular weight is 487 g/mol. The molecule has 0 atom stereocenters. The molecule has 4 aromatic rings. The summed E-state index contributed by atoms with van der Waals surface area (Å²) in [7, 11) is 0. The van der Waals surface area contributed by atoms with Crippen molar-refractivity contribution in [2.75, 3.05) is 36.5 Å². The van der Waals surface area contributed by atoms with Crippen LogP contribution in [0.15, 0.2) is 73.1 Å². The van der Waals surface area contributed by atoms with Crippen molar-refractivity contribution in [1.82, 2.24) is 9.55 Å². The predicted molar refractivity (Wildman–Crippen MR) is 143 cm³/mol. The predicted octanol–water partition coefficient (Wildman–Crippen LogP) is 5.87. The topological polar surface area (TPSA) is 59.4 Å². The molecule has 35 heavy (non-hydrogen) atoms. The van der Waals surface area contributed by atoms with Crippen LogP contribution >= 0.6 is 11.3 Å². The molecule has 2 aromatic heterocycles. The summed E-state index contributed by atoms with van der Waals surface area (Å²) in [6, 6.07) is 20.3. The maximum Gasteiger partial charge on any atom is 0.265 e. The minimum Gasteiger partial charge on any atom is -0.378 e. The fourth-order valence-electron chi connectivity index (χ4n) is 4.41. The fourth-order valence-corrected chi connectivity index (χ4v) is 5.54. The van der Waals surface area contributed by atoms with Gasteiger partial charge in [-0.2, -0.15) is 0 Å². The molecule has 5 rings (SSSR count). The van der Waals surface area contributed by atoms with Gasteiger partial charge in [-0.25, -0.2) is 4.98 Å². The van der Waals surface area contributed by atoms with Crippen LogP contribution in [0.25, 0.3) is 11.1 Å². The maximum absolute atomic E-state index is 13.3. The zero-order valence-corrected chi connectivity index (χ0v) is 20.9. The number of thiophene rings is 1. The molecular weight excluding hydrogens is 456 g/mol. The van der Waals surface area contributed by atoms with Gasteiger partial charge in [0, 0.05) is 49.2 Å². The van der Waals surface area contributed by atoms with Crippen molar-refractivity contribution in [3.8, 4) is 11.1 Å². The Kier molecular flexibility index (Phi) is 6.97. The number of hydrogen-bond acceptors (Lipinski definition) is 5. The number of morpholine rings is 1. The van der Waals surface area contributed by atoms with Gasteiger partial charge in [0.25, 0.3) is 5.91 Å². The van der Waals surface area contributed by atoms with Crippen LogP contribution in [0.2, 0.25) is 0 Å². The first-order valence-corrected chi connectivity index (χ1v) is 12.8. The first-order valence-electron chi connectivity index (χ1n) is 12.0. The highest BCUT2D eigenvalue weighted by Gasteiger charge is 2.22. The fraction of sp³-hybridized carbons (Fsp3) is 0.286. The van der Waals surface area contributed by atoms with Gasteiger partial charge < -0.3 is 19.5 Å². The summed E-state index contributed by atoms with van der Waals surface area (Å²) in [4.78, 5) is 20.8. The Morgan fingerprint density at radius 2 is 1.89 bits per heavy atom. The van der Waals surface area contributed by atoms with Crippen LogP contribution in [0.3, 0.4) is 0 Å². The van der Waals surface area contributed by atoms with Crippen LogP contribution in [0.4, 0.5) is 10.7 Å². The lowest BCUT2D eigenvalue weighted by atomic mass is 10.1. The summed E-state index contributed by atoms with van der Waals surface area (Å²) in [6.07, 6.45) is 3.85. The van der Waals surface area contributed by atoms with Crippen molar-refractivity contribution in [1.29, 1.82) is 0 Å². The zero-order chi connectivity index (χ0) is 24.2. The molecule has 3 heterocycles. The van der Waals surface area contributed by atoms with Crippen LogP contribution in [-0.2, 0) is 11.3 Å². The van der Waals surface area contributed by atoms with E-state index in [1.165, 1.54) is 0 Å². The second-order valence-electron chi connectivity index (χ2n) is 9.02. The van der Waals surface area contributed by atoms with Crippen LogP contribution in [-0.4, -0.2) is 41.8 Å². The molecular formula is C28H30N4O2S. The molecule has 1 N–H and O–H groups in total. The Balaban J connectivity index is 1.37. The van der Waals surface area contributed by atoms with E-state index in [0.717, 1.165) is 52.8 Å². The van der Waals surface area contributed by atoms with Gasteiger partial charge in [0.1, 0.15) is 5.82 Å². The normalized spacial score (nSPS) is 13.9. The lowest BCUT2D eigenvalue weighted by molar-refractivity contribution is 0.103. The van der Waals surface area contributed by atoms with Gasteiger partial charge in [-0.05, 0) is 29.3 Å². The Hall–Kier alpha value is -3.42. The molecule has 0 unspecified atom stereocenters. The van der Waals surface area contributed by atoms with Crippen molar-refractivity contribution in [3.63, 3.8) is 0 Å². The molecule has 180 valence electrons. The monoisotopic (exact) mass is 486 g/mol. The van der Waals surface area contributed by atoms with Crippen molar-refractivity contribution in [2.45, 2.75) is 26.3 Å². The third kappa shape index (κ3) is 5.31. The Bertz CT molecular complexity index is 1290. The summed E-state index contributed by atoms with van der Waals surface area (Å²) in [6.45, 7) is 8.07. The molecule has 0 saturated carbocycles. The van der Waals surface area contributed by atoms with Crippen LogP contribution < -0.4 is 10.2 Å². The van der Waals surface area contributed by atoms with Crippen molar-refractivity contribution in [2.24, 2.45) is 0 Å². The molecule has 2 aromatic carbocycles. The third-order valence-electron chi connectivity index (χ3n) is 6.12. The van der Waals surface area contributed by atoms with E-state index in [1.54, 1.807) is 11.3 Å². The minimum atomic E-state index is -0.0886. The van der Waals surface area contributed by atoms with Gasteiger partial charge in [-0.1, -0.05) is 56.3 Å². The van der Waals surface area contributed by atoms with Crippen molar-refractivity contribution >= 4 is 27.9 Å². The van der Waals surface area contributed by atoms with Crippen LogP contribution in [0, 0.1) is 0 Å². The number of nitrogens with one attached hydrogen (secondary N) is 1. The van der Waals surface area contributed by atoms with E-state index in [-0.39, 0.29) is 5.91 Å². The van der Waals surface area contributed by atoms with Gasteiger partial charge in [0.05, 0.1) is 23.1 Å². The highest BCUT2D eigenvalue weighted by molar-refractivity contribution is 7.18. The van der Waals surface area contributed by atoms with E-state index >= 15 is 0 Å². The number of hydrogen-bond donors (Lipinski definition) is 1. The SMILES string of the molecule is CC(C)c1nccn1Cc1cccc(NC(=O)c2cc(-c3ccccc3)c(N3CCOCC3)s2)c1. The Morgan fingerprint density at radius 1 is 1.09 bits per heavy atom. The Labute approximate surface area is 210 Å². The number of imidazole rings is 1. The quantitative estimate of drug-likeness (QED) is 0.355. The molecule has 0 spiro atoms. The number of carbonyl (C=O) groups is 1. The number of nitrogens with zero attached hydrogens (tertiary/aromatic N) is 3. The van der Waals surface area contributed by atoms with E-state index in [0.29, 0.717) is 24.0 Å². The number of benzene rings is 2. The van der Waals surface area contributed by atoms with E-state index in [1.807, 2.05) is 54.9 Å². The van der Waals surface area contributed by atoms with Crippen molar-refractivity contribution < 1.29 is 9.53 Å². The second-order valence-corrected chi connectivity index (χ2v) is 10.0. The summed E-state index contributed by atoms with van der Waals surface area (Å²) in [5.74, 6) is 1.32. The smallest absolute Gasteiger partial charge is 0.265 e.